The summed E-state index contributed by atoms with van der Waals surface area (Å²) in [6.45, 7) is 2.37. The molecule has 0 aromatic carbocycles. The Hall–Kier alpha value is -1.87. The first-order valence-corrected chi connectivity index (χ1v) is 13.9. The van der Waals surface area contributed by atoms with Gasteiger partial charge < -0.3 is 50.2 Å². The van der Waals surface area contributed by atoms with Gasteiger partial charge in [-0.2, -0.15) is 0 Å². The van der Waals surface area contributed by atoms with E-state index in [1.165, 1.54) is 6.92 Å². The third-order valence-electron chi connectivity index (χ3n) is 7.04. The topological polar surface area (TPSA) is 187 Å². The molecule has 226 valence electrons. The Balaban J connectivity index is 1.52. The van der Waals surface area contributed by atoms with E-state index in [-0.39, 0.29) is 24.5 Å². The highest BCUT2D eigenvalue weighted by atomic mass is 16.7. The van der Waals surface area contributed by atoms with E-state index in [9.17, 15) is 34.8 Å². The lowest BCUT2D eigenvalue weighted by atomic mass is 9.97. The van der Waals surface area contributed by atoms with Crippen molar-refractivity contribution in [3.63, 3.8) is 0 Å². The lowest BCUT2D eigenvalue weighted by Gasteiger charge is -2.42. The fourth-order valence-corrected chi connectivity index (χ4v) is 4.96. The number of carbonyl (C=O) groups is 3. The van der Waals surface area contributed by atoms with E-state index >= 15 is 0 Å². The molecule has 0 aromatic heterocycles. The van der Waals surface area contributed by atoms with E-state index in [2.05, 4.69) is 10.6 Å². The molecule has 2 aliphatic rings. The highest BCUT2D eigenvalue weighted by Crippen LogP contribution is 2.23. The van der Waals surface area contributed by atoms with E-state index in [0.29, 0.717) is 51.8 Å². The molecule has 13 nitrogen and oxygen atoms in total. The molecule has 2 rings (SSSR count). The molecule has 0 saturated carbocycles. The number of β-amino-alcohol motifs (C(OH)–C–C–N with tert-alkyl or cyclic N) is 1. The molecular formula is C26H47N3O10. The summed E-state index contributed by atoms with van der Waals surface area (Å²) >= 11 is 0. The molecule has 7 atom stereocenters. The zero-order chi connectivity index (χ0) is 28.8. The van der Waals surface area contributed by atoms with Crippen LogP contribution in [0.15, 0.2) is 0 Å². The number of hydrogen-bond donors (Lipinski definition) is 6. The second kappa shape index (κ2) is 17.7. The summed E-state index contributed by atoms with van der Waals surface area (Å²) in [5.74, 6) is -0.418. The maximum absolute atomic E-state index is 12.4. The summed E-state index contributed by atoms with van der Waals surface area (Å²) in [6.07, 6.45) is 0.440. The SMILES string of the molecule is COC[C@@H]1C[C@@H](O)CN1C(=O)CCCCCNC(=O)CCCCCO[C@@H]1OC(CO)[C@H](O)C(O)[C@@H]1NC(C)=O. The third-order valence-corrected chi connectivity index (χ3v) is 7.04. The van der Waals surface area contributed by atoms with E-state index < -0.39 is 49.3 Å². The van der Waals surface area contributed by atoms with Crippen molar-refractivity contribution in [3.8, 4) is 0 Å². The van der Waals surface area contributed by atoms with Crippen LogP contribution in [0.4, 0.5) is 0 Å². The van der Waals surface area contributed by atoms with E-state index in [4.69, 9.17) is 14.2 Å². The third kappa shape index (κ3) is 11.3. The van der Waals surface area contributed by atoms with Gasteiger partial charge in [-0.05, 0) is 32.1 Å². The first kappa shape index (κ1) is 33.3. The number of nitrogens with one attached hydrogen (secondary N) is 2. The van der Waals surface area contributed by atoms with Gasteiger partial charge in [0.25, 0.3) is 0 Å². The van der Waals surface area contributed by atoms with Gasteiger partial charge in [-0.25, -0.2) is 0 Å². The molecule has 2 fully saturated rings. The van der Waals surface area contributed by atoms with Gasteiger partial charge in [-0.15, -0.1) is 0 Å². The van der Waals surface area contributed by atoms with Crippen LogP contribution in [-0.2, 0) is 28.6 Å². The van der Waals surface area contributed by atoms with Crippen molar-refractivity contribution in [2.75, 3.05) is 40.0 Å². The number of unbranched alkanes of at least 4 members (excludes halogenated alkanes) is 4. The Labute approximate surface area is 230 Å². The van der Waals surface area contributed by atoms with Crippen LogP contribution in [0.2, 0.25) is 0 Å². The molecule has 0 aliphatic carbocycles. The van der Waals surface area contributed by atoms with Crippen molar-refractivity contribution in [2.45, 2.75) is 108 Å². The molecular weight excluding hydrogens is 514 g/mol. The lowest BCUT2D eigenvalue weighted by Crippen LogP contribution is -2.64. The molecule has 0 radical (unpaired) electrons. The summed E-state index contributed by atoms with van der Waals surface area (Å²) in [5, 5.41) is 44.9. The van der Waals surface area contributed by atoms with Crippen LogP contribution in [0.25, 0.3) is 0 Å². The second-order valence-electron chi connectivity index (χ2n) is 10.3. The van der Waals surface area contributed by atoms with Crippen LogP contribution < -0.4 is 10.6 Å². The van der Waals surface area contributed by atoms with Crippen molar-refractivity contribution in [3.05, 3.63) is 0 Å². The minimum Gasteiger partial charge on any atom is -0.394 e. The van der Waals surface area contributed by atoms with Crippen molar-refractivity contribution in [1.29, 1.82) is 0 Å². The van der Waals surface area contributed by atoms with Crippen LogP contribution in [0.5, 0.6) is 0 Å². The average Bonchev–Trinajstić information content (AvgIpc) is 3.27. The highest BCUT2D eigenvalue weighted by molar-refractivity contribution is 5.77. The monoisotopic (exact) mass is 561 g/mol. The van der Waals surface area contributed by atoms with Gasteiger partial charge in [-0.3, -0.25) is 14.4 Å². The lowest BCUT2D eigenvalue weighted by molar-refractivity contribution is -0.270. The van der Waals surface area contributed by atoms with Crippen LogP contribution >= 0.6 is 0 Å². The smallest absolute Gasteiger partial charge is 0.222 e. The molecule has 2 saturated heterocycles. The number of carbonyl (C=O) groups excluding carboxylic acids is 3. The van der Waals surface area contributed by atoms with Crippen molar-refractivity contribution >= 4 is 17.7 Å². The number of hydrogen-bond acceptors (Lipinski definition) is 10. The van der Waals surface area contributed by atoms with Crippen LogP contribution in [0, 0.1) is 0 Å². The first-order valence-electron chi connectivity index (χ1n) is 13.9. The molecule has 0 aromatic rings. The van der Waals surface area contributed by atoms with Crippen LogP contribution in [0.3, 0.4) is 0 Å². The number of amides is 3. The minimum absolute atomic E-state index is 0.0317. The van der Waals surface area contributed by atoms with Gasteiger partial charge in [-0.1, -0.05) is 12.8 Å². The van der Waals surface area contributed by atoms with Gasteiger partial charge in [0, 0.05) is 46.6 Å². The van der Waals surface area contributed by atoms with E-state index in [0.717, 1.165) is 25.7 Å². The summed E-state index contributed by atoms with van der Waals surface area (Å²) in [4.78, 5) is 37.7. The first-order chi connectivity index (χ1) is 18.7. The van der Waals surface area contributed by atoms with Gasteiger partial charge in [0.15, 0.2) is 6.29 Å². The number of aliphatic hydroxyl groups is 4. The van der Waals surface area contributed by atoms with Crippen LogP contribution in [0.1, 0.15) is 64.7 Å². The van der Waals surface area contributed by atoms with Gasteiger partial charge in [0.1, 0.15) is 24.4 Å². The number of methoxy groups -OCH3 is 1. The van der Waals surface area contributed by atoms with Crippen LogP contribution in [-0.4, -0.2) is 126 Å². The quantitative estimate of drug-likeness (QED) is 0.118. The standard InChI is InChI=1S/C26H47N3O10/c1-17(31)28-23-25(36)24(35)20(15-30)39-26(23)38-12-8-4-5-9-21(33)27-11-7-3-6-10-22(34)29-14-19(32)13-18(29)16-37-2/h18-20,23-26,30,32,35-36H,3-16H2,1-2H3,(H,27,33)(H,28,31)/t18-,19+,20?,23-,24-,25?,26+/m0/s1. The minimum atomic E-state index is -1.36. The molecule has 2 unspecified atom stereocenters. The summed E-state index contributed by atoms with van der Waals surface area (Å²) in [7, 11) is 1.59. The normalized spacial score (nSPS) is 28.9. The molecule has 0 spiro atoms. The maximum atomic E-state index is 12.4. The second-order valence-corrected chi connectivity index (χ2v) is 10.3. The molecule has 2 heterocycles. The Morgan fingerprint density at radius 3 is 2.41 bits per heavy atom. The molecule has 6 N–H and O–H groups in total. The Kier molecular flexibility index (Phi) is 15.2. The average molecular weight is 562 g/mol. The Morgan fingerprint density at radius 1 is 1.00 bits per heavy atom. The summed E-state index contributed by atoms with van der Waals surface area (Å²) < 4.78 is 16.3. The van der Waals surface area contributed by atoms with Crippen molar-refractivity contribution < 1.29 is 49.0 Å². The number of likely N-dealkylation sites (tertiary alicyclic amines) is 1. The van der Waals surface area contributed by atoms with Crippen molar-refractivity contribution in [1.82, 2.24) is 15.5 Å². The zero-order valence-electron chi connectivity index (χ0n) is 23.1. The van der Waals surface area contributed by atoms with E-state index in [1.54, 1.807) is 12.0 Å². The summed E-state index contributed by atoms with van der Waals surface area (Å²) in [6, 6.07) is -1.03. The largest absolute Gasteiger partial charge is 0.394 e. The Bertz CT molecular complexity index is 757. The molecule has 3 amide bonds. The van der Waals surface area contributed by atoms with Gasteiger partial charge in [0.05, 0.1) is 25.4 Å². The summed E-state index contributed by atoms with van der Waals surface area (Å²) in [5.41, 5.74) is 0. The predicted molar refractivity (Wildman–Crippen MR) is 139 cm³/mol. The fraction of sp³-hybridized carbons (Fsp3) is 0.885. The molecule has 0 bridgehead atoms. The molecule has 13 heteroatoms. The van der Waals surface area contributed by atoms with Gasteiger partial charge in [0.2, 0.25) is 17.7 Å². The number of rotatable bonds is 17. The molecule has 39 heavy (non-hydrogen) atoms. The molecule has 2 aliphatic heterocycles. The Morgan fingerprint density at radius 2 is 1.72 bits per heavy atom. The number of ether oxygens (including phenoxy) is 3. The fourth-order valence-electron chi connectivity index (χ4n) is 4.96. The van der Waals surface area contributed by atoms with Gasteiger partial charge >= 0.3 is 0 Å². The number of aliphatic hydroxyl groups excluding tert-OH is 4. The zero-order valence-corrected chi connectivity index (χ0v) is 23.1. The highest BCUT2D eigenvalue weighted by Gasteiger charge is 2.45. The van der Waals surface area contributed by atoms with Crippen molar-refractivity contribution in [2.24, 2.45) is 0 Å². The maximum Gasteiger partial charge on any atom is 0.222 e. The predicted octanol–water partition coefficient (Wildman–Crippen LogP) is -1.21. The van der Waals surface area contributed by atoms with E-state index in [1.807, 2.05) is 0 Å². The number of nitrogens with zero attached hydrogens (tertiary/aromatic N) is 1.